The van der Waals surface area contributed by atoms with E-state index in [0.717, 1.165) is 12.1 Å². The molecule has 1 heterocycles. The van der Waals surface area contributed by atoms with Crippen LogP contribution in [0.4, 0.5) is 9.18 Å². The molecule has 24 heavy (non-hydrogen) atoms. The molecule has 0 aromatic heterocycles. The summed E-state index contributed by atoms with van der Waals surface area (Å²) in [6.07, 6.45) is -0.579. The van der Waals surface area contributed by atoms with Crippen LogP contribution in [-0.4, -0.2) is 61.4 Å². The maximum atomic E-state index is 13.1. The molecule has 1 aromatic carbocycles. The highest BCUT2D eigenvalue weighted by Gasteiger charge is 2.47. The smallest absolute Gasteiger partial charge is 0.321 e. The van der Waals surface area contributed by atoms with Crippen molar-refractivity contribution in [2.75, 3.05) is 20.6 Å². The van der Waals surface area contributed by atoms with Crippen molar-refractivity contribution in [2.45, 2.75) is 37.9 Å². The largest absolute Gasteiger partial charge is 0.331 e. The second kappa shape index (κ2) is 6.68. The van der Waals surface area contributed by atoms with Crippen LogP contribution in [0.2, 0.25) is 0 Å². The molecule has 0 saturated carbocycles. The van der Waals surface area contributed by atoms with Gasteiger partial charge in [0.15, 0.2) is 0 Å². The van der Waals surface area contributed by atoms with Gasteiger partial charge in [0, 0.05) is 26.7 Å². The minimum atomic E-state index is -3.82. The number of carbonyl (C=O) groups excluding carboxylic acids is 1. The van der Waals surface area contributed by atoms with Crippen LogP contribution in [0.15, 0.2) is 29.2 Å². The number of urea groups is 1. The van der Waals surface area contributed by atoms with Gasteiger partial charge in [0.2, 0.25) is 10.0 Å². The van der Waals surface area contributed by atoms with E-state index < -0.39 is 22.0 Å². The fourth-order valence-electron chi connectivity index (χ4n) is 3.02. The molecule has 2 atom stereocenters. The number of nitrogens with zero attached hydrogens (tertiary/aromatic N) is 3. The zero-order valence-electron chi connectivity index (χ0n) is 14.6. The van der Waals surface area contributed by atoms with Crippen molar-refractivity contribution in [3.8, 4) is 0 Å². The van der Waals surface area contributed by atoms with Crippen LogP contribution in [0, 0.1) is 11.7 Å². The van der Waals surface area contributed by atoms with Gasteiger partial charge in [0.25, 0.3) is 0 Å². The normalized spacial score (nSPS) is 22.2. The number of hydrogen-bond acceptors (Lipinski definition) is 3. The van der Waals surface area contributed by atoms with Crippen molar-refractivity contribution in [3.05, 3.63) is 30.1 Å². The molecule has 1 aliphatic heterocycles. The van der Waals surface area contributed by atoms with Gasteiger partial charge in [-0.05, 0) is 37.1 Å². The summed E-state index contributed by atoms with van der Waals surface area (Å²) in [6.45, 7) is 5.80. The molecule has 2 rings (SSSR count). The molecular weight excluding hydrogens is 333 g/mol. The topological polar surface area (TPSA) is 60.9 Å². The lowest BCUT2D eigenvalue weighted by Crippen LogP contribution is -2.51. The first-order chi connectivity index (χ1) is 11.1. The van der Waals surface area contributed by atoms with E-state index in [1.54, 1.807) is 19.0 Å². The maximum Gasteiger partial charge on any atom is 0.321 e. The van der Waals surface area contributed by atoms with Crippen molar-refractivity contribution < 1.29 is 17.6 Å². The Bertz CT molecular complexity index is 704. The SMILES string of the molecule is CC(C)C1N(C(=O)N(C)C)C(C)CN1S(=O)(=O)c1ccc(F)cc1. The molecule has 0 bridgehead atoms. The second-order valence-corrected chi connectivity index (χ2v) is 8.51. The van der Waals surface area contributed by atoms with Crippen LogP contribution in [0.25, 0.3) is 0 Å². The average Bonchev–Trinajstić information content (AvgIpc) is 2.85. The Balaban J connectivity index is 2.45. The van der Waals surface area contributed by atoms with E-state index in [2.05, 4.69) is 0 Å². The Labute approximate surface area is 142 Å². The van der Waals surface area contributed by atoms with E-state index in [0.29, 0.717) is 0 Å². The Kier molecular flexibility index (Phi) is 5.19. The van der Waals surface area contributed by atoms with Gasteiger partial charge in [-0.3, -0.25) is 0 Å². The van der Waals surface area contributed by atoms with Crippen LogP contribution in [0.3, 0.4) is 0 Å². The summed E-state index contributed by atoms with van der Waals surface area (Å²) in [5.41, 5.74) is 0. The first-order valence-corrected chi connectivity index (χ1v) is 9.28. The first kappa shape index (κ1) is 18.7. The molecule has 0 N–H and O–H groups in total. The standard InChI is InChI=1S/C16H24FN3O3S/c1-11(2)15-19(10-12(3)20(15)16(21)18(4)5)24(22,23)14-8-6-13(17)7-9-14/h6-9,11-12,15H,10H2,1-5H3. The van der Waals surface area contributed by atoms with Gasteiger partial charge in [0.05, 0.1) is 4.90 Å². The molecule has 1 saturated heterocycles. The average molecular weight is 357 g/mol. The number of amides is 2. The van der Waals surface area contributed by atoms with Crippen molar-refractivity contribution in [1.82, 2.24) is 14.1 Å². The lowest BCUT2D eigenvalue weighted by molar-refractivity contribution is 0.116. The number of hydrogen-bond donors (Lipinski definition) is 0. The Morgan fingerprint density at radius 1 is 1.25 bits per heavy atom. The lowest BCUT2D eigenvalue weighted by atomic mass is 10.1. The van der Waals surface area contributed by atoms with Crippen LogP contribution in [0.5, 0.6) is 0 Å². The zero-order chi connectivity index (χ0) is 18.2. The van der Waals surface area contributed by atoms with E-state index in [-0.39, 0.29) is 29.4 Å². The van der Waals surface area contributed by atoms with Crippen LogP contribution >= 0.6 is 0 Å². The molecule has 0 spiro atoms. The van der Waals surface area contributed by atoms with Crippen LogP contribution < -0.4 is 0 Å². The molecular formula is C16H24FN3O3S. The molecule has 6 nitrogen and oxygen atoms in total. The minimum Gasteiger partial charge on any atom is -0.331 e. The lowest BCUT2D eigenvalue weighted by Gasteiger charge is -2.35. The Hall–Kier alpha value is -1.67. The summed E-state index contributed by atoms with van der Waals surface area (Å²) in [5, 5.41) is 0. The summed E-state index contributed by atoms with van der Waals surface area (Å²) >= 11 is 0. The van der Waals surface area contributed by atoms with Gasteiger partial charge in [-0.15, -0.1) is 0 Å². The van der Waals surface area contributed by atoms with E-state index >= 15 is 0 Å². The molecule has 1 aromatic rings. The third-order valence-electron chi connectivity index (χ3n) is 4.12. The van der Waals surface area contributed by atoms with E-state index in [1.807, 2.05) is 20.8 Å². The molecule has 2 amide bonds. The summed E-state index contributed by atoms with van der Waals surface area (Å²) < 4.78 is 40.4. The number of carbonyl (C=O) groups is 1. The molecule has 1 fully saturated rings. The molecule has 0 radical (unpaired) electrons. The van der Waals surface area contributed by atoms with Gasteiger partial charge in [0.1, 0.15) is 12.0 Å². The molecule has 8 heteroatoms. The summed E-state index contributed by atoms with van der Waals surface area (Å²) in [4.78, 5) is 15.6. The highest BCUT2D eigenvalue weighted by molar-refractivity contribution is 7.89. The van der Waals surface area contributed by atoms with E-state index in [4.69, 9.17) is 0 Å². The number of sulfonamides is 1. The van der Waals surface area contributed by atoms with Crippen LogP contribution in [-0.2, 0) is 10.0 Å². The quantitative estimate of drug-likeness (QED) is 0.833. The van der Waals surface area contributed by atoms with Gasteiger partial charge in [-0.25, -0.2) is 17.6 Å². The number of benzene rings is 1. The number of halogens is 1. The van der Waals surface area contributed by atoms with Crippen molar-refractivity contribution in [2.24, 2.45) is 5.92 Å². The zero-order valence-corrected chi connectivity index (χ0v) is 15.4. The molecule has 2 unspecified atom stereocenters. The Morgan fingerprint density at radius 2 is 1.79 bits per heavy atom. The molecule has 134 valence electrons. The van der Waals surface area contributed by atoms with E-state index in [1.165, 1.54) is 21.3 Å². The summed E-state index contributed by atoms with van der Waals surface area (Å²) in [7, 11) is -0.536. The van der Waals surface area contributed by atoms with Crippen molar-refractivity contribution in [1.29, 1.82) is 0 Å². The monoisotopic (exact) mass is 357 g/mol. The van der Waals surface area contributed by atoms with Gasteiger partial charge in [-0.2, -0.15) is 4.31 Å². The van der Waals surface area contributed by atoms with Gasteiger partial charge >= 0.3 is 6.03 Å². The van der Waals surface area contributed by atoms with Gasteiger partial charge < -0.3 is 9.80 Å². The fraction of sp³-hybridized carbons (Fsp3) is 0.562. The first-order valence-electron chi connectivity index (χ1n) is 7.84. The van der Waals surface area contributed by atoms with Gasteiger partial charge in [-0.1, -0.05) is 13.8 Å². The van der Waals surface area contributed by atoms with Crippen LogP contribution in [0.1, 0.15) is 20.8 Å². The third kappa shape index (κ3) is 3.25. The van der Waals surface area contributed by atoms with Crippen molar-refractivity contribution in [3.63, 3.8) is 0 Å². The highest BCUT2D eigenvalue weighted by atomic mass is 32.2. The predicted octanol–water partition coefficient (Wildman–Crippen LogP) is 2.18. The Morgan fingerprint density at radius 3 is 2.25 bits per heavy atom. The third-order valence-corrected chi connectivity index (χ3v) is 5.97. The fourth-order valence-corrected chi connectivity index (χ4v) is 4.82. The van der Waals surface area contributed by atoms with Crippen molar-refractivity contribution >= 4 is 16.1 Å². The maximum absolute atomic E-state index is 13.1. The predicted molar refractivity (Wildman–Crippen MR) is 89.3 cm³/mol. The summed E-state index contributed by atoms with van der Waals surface area (Å²) in [6, 6.07) is 4.28. The summed E-state index contributed by atoms with van der Waals surface area (Å²) in [5.74, 6) is -0.581. The minimum absolute atomic E-state index is 0.0286. The molecule has 1 aliphatic rings. The van der Waals surface area contributed by atoms with E-state index in [9.17, 15) is 17.6 Å². The second-order valence-electron chi connectivity index (χ2n) is 6.62. The molecule has 0 aliphatic carbocycles. The number of rotatable bonds is 3. The highest BCUT2D eigenvalue weighted by Crippen LogP contribution is 2.32.